The topological polar surface area (TPSA) is 114 Å². The molecule has 0 aliphatic rings. The van der Waals surface area contributed by atoms with Crippen molar-refractivity contribution in [2.24, 2.45) is 5.10 Å². The number of nitrogens with zero attached hydrogens (tertiary/aromatic N) is 2. The van der Waals surface area contributed by atoms with Crippen LogP contribution in [0.1, 0.15) is 25.6 Å². The number of carbonyl (C=O) groups excluding carboxylic acids is 2. The van der Waals surface area contributed by atoms with E-state index in [-0.39, 0.29) is 17.2 Å². The third kappa shape index (κ3) is 4.86. The Hall–Kier alpha value is -3.85. The summed E-state index contributed by atoms with van der Waals surface area (Å²) in [5, 5.41) is 19.1. The molecule has 0 saturated heterocycles. The van der Waals surface area contributed by atoms with Crippen molar-refractivity contribution in [3.05, 3.63) is 92.2 Å². The third-order valence-electron chi connectivity index (χ3n) is 3.65. The summed E-state index contributed by atoms with van der Waals surface area (Å²) in [6.07, 6.45) is 1.56. The fraction of sp³-hybridized carbons (Fsp3) is 0. The number of hydrazone groups is 1. The lowest BCUT2D eigenvalue weighted by Crippen LogP contribution is -2.17. The van der Waals surface area contributed by atoms with Crippen LogP contribution in [0.25, 0.3) is 0 Å². The second-order valence-electron chi connectivity index (χ2n) is 5.55. The number of hydrogen-bond donors (Lipinski definition) is 2. The van der Waals surface area contributed by atoms with Crippen LogP contribution in [0.15, 0.2) is 71.1 Å². The maximum absolute atomic E-state index is 12.2. The number of nitro benzene ring substituents is 1. The Balaban J connectivity index is 1.58. The molecule has 0 atom stereocenters. The fourth-order valence-electron chi connectivity index (χ4n) is 2.23. The minimum atomic E-state index is -0.532. The van der Waals surface area contributed by atoms with Gasteiger partial charge in [0.15, 0.2) is 0 Å². The van der Waals surface area contributed by atoms with Crippen LogP contribution in [-0.4, -0.2) is 23.0 Å². The number of carbonyl (C=O) groups is 2. The van der Waals surface area contributed by atoms with E-state index in [9.17, 15) is 19.7 Å². The molecule has 0 spiro atoms. The van der Waals surface area contributed by atoms with Crippen LogP contribution in [0.2, 0.25) is 0 Å². The molecule has 2 aromatic carbocycles. The number of thiophene rings is 1. The Bertz CT molecular complexity index is 1010. The summed E-state index contributed by atoms with van der Waals surface area (Å²) < 4.78 is 0. The quantitative estimate of drug-likeness (QED) is 0.377. The molecule has 0 fully saturated rings. The number of nitrogens with one attached hydrogen (secondary N) is 2. The minimum Gasteiger partial charge on any atom is -0.322 e. The van der Waals surface area contributed by atoms with Crippen molar-refractivity contribution in [1.82, 2.24) is 5.43 Å². The van der Waals surface area contributed by atoms with Gasteiger partial charge in [-0.2, -0.15) is 5.10 Å². The highest BCUT2D eigenvalue weighted by Gasteiger charge is 2.10. The van der Waals surface area contributed by atoms with Gasteiger partial charge >= 0.3 is 0 Å². The molecule has 3 rings (SSSR count). The lowest BCUT2D eigenvalue weighted by molar-refractivity contribution is -0.384. The molecule has 8 nitrogen and oxygen atoms in total. The third-order valence-corrected chi connectivity index (χ3v) is 4.45. The Morgan fingerprint density at radius 3 is 2.21 bits per heavy atom. The molecule has 3 aromatic rings. The molecular weight excluding hydrogens is 380 g/mol. The average molecular weight is 394 g/mol. The number of hydrogen-bond acceptors (Lipinski definition) is 6. The molecular formula is C19H14N4O4S. The van der Waals surface area contributed by atoms with E-state index in [4.69, 9.17) is 0 Å². The van der Waals surface area contributed by atoms with Gasteiger partial charge in [-0.25, -0.2) is 5.43 Å². The van der Waals surface area contributed by atoms with E-state index in [0.717, 1.165) is 4.88 Å². The number of rotatable bonds is 6. The van der Waals surface area contributed by atoms with E-state index in [1.165, 1.54) is 35.6 Å². The Labute approximate surface area is 163 Å². The number of non-ortho nitro benzene ring substituents is 1. The zero-order chi connectivity index (χ0) is 19.9. The van der Waals surface area contributed by atoms with Crippen LogP contribution in [0.4, 0.5) is 11.4 Å². The van der Waals surface area contributed by atoms with Gasteiger partial charge in [0.2, 0.25) is 0 Å². The summed E-state index contributed by atoms with van der Waals surface area (Å²) >= 11 is 1.50. The fourth-order valence-corrected chi connectivity index (χ4v) is 2.81. The van der Waals surface area contributed by atoms with Gasteiger partial charge in [0, 0.05) is 33.8 Å². The van der Waals surface area contributed by atoms with Gasteiger partial charge in [0.05, 0.1) is 11.1 Å². The van der Waals surface area contributed by atoms with E-state index < -0.39 is 10.8 Å². The Morgan fingerprint density at radius 1 is 0.964 bits per heavy atom. The number of nitro groups is 1. The lowest BCUT2D eigenvalue weighted by Gasteiger charge is -2.06. The molecule has 2 N–H and O–H groups in total. The van der Waals surface area contributed by atoms with Gasteiger partial charge in [0.25, 0.3) is 17.5 Å². The van der Waals surface area contributed by atoms with Crippen molar-refractivity contribution >= 4 is 40.7 Å². The maximum Gasteiger partial charge on any atom is 0.271 e. The highest BCUT2D eigenvalue weighted by Crippen LogP contribution is 2.15. The van der Waals surface area contributed by atoms with Gasteiger partial charge in [-0.3, -0.25) is 19.7 Å². The minimum absolute atomic E-state index is 0.0892. The van der Waals surface area contributed by atoms with Crippen molar-refractivity contribution < 1.29 is 14.5 Å². The highest BCUT2D eigenvalue weighted by atomic mass is 32.1. The number of benzene rings is 2. The first-order valence-electron chi connectivity index (χ1n) is 8.06. The molecule has 0 unspecified atom stereocenters. The molecule has 0 bridgehead atoms. The summed E-state index contributed by atoms with van der Waals surface area (Å²) in [7, 11) is 0. The average Bonchev–Trinajstić information content (AvgIpc) is 3.22. The molecule has 28 heavy (non-hydrogen) atoms. The zero-order valence-electron chi connectivity index (χ0n) is 14.4. The van der Waals surface area contributed by atoms with Crippen LogP contribution in [0.3, 0.4) is 0 Å². The predicted octanol–water partition coefficient (Wildman–Crippen LogP) is 3.67. The normalized spacial score (nSPS) is 10.6. The predicted molar refractivity (Wildman–Crippen MR) is 107 cm³/mol. The van der Waals surface area contributed by atoms with Crippen LogP contribution in [0.5, 0.6) is 0 Å². The summed E-state index contributed by atoms with van der Waals surface area (Å²) in [4.78, 5) is 35.3. The zero-order valence-corrected chi connectivity index (χ0v) is 15.2. The van der Waals surface area contributed by atoms with Crippen molar-refractivity contribution in [2.75, 3.05) is 5.32 Å². The maximum atomic E-state index is 12.2. The van der Waals surface area contributed by atoms with Gasteiger partial charge in [0.1, 0.15) is 0 Å². The largest absolute Gasteiger partial charge is 0.322 e. The summed E-state index contributed by atoms with van der Waals surface area (Å²) in [6, 6.07) is 15.3. The van der Waals surface area contributed by atoms with Gasteiger partial charge in [-0.1, -0.05) is 6.07 Å². The van der Waals surface area contributed by atoms with Gasteiger partial charge < -0.3 is 5.32 Å². The number of amides is 2. The van der Waals surface area contributed by atoms with E-state index in [0.29, 0.717) is 11.3 Å². The van der Waals surface area contributed by atoms with Gasteiger partial charge in [-0.05, 0) is 47.8 Å². The monoisotopic (exact) mass is 394 g/mol. The van der Waals surface area contributed by atoms with Crippen LogP contribution in [0, 0.1) is 10.1 Å². The first-order valence-corrected chi connectivity index (χ1v) is 8.94. The molecule has 1 aromatic heterocycles. The molecule has 0 saturated carbocycles. The summed E-state index contributed by atoms with van der Waals surface area (Å²) in [5.74, 6) is -0.784. The lowest BCUT2D eigenvalue weighted by atomic mass is 10.1. The smallest absolute Gasteiger partial charge is 0.271 e. The molecule has 9 heteroatoms. The number of anilines is 1. The Morgan fingerprint density at radius 2 is 1.61 bits per heavy atom. The first-order chi connectivity index (χ1) is 13.5. The van der Waals surface area contributed by atoms with Crippen molar-refractivity contribution in [3.63, 3.8) is 0 Å². The standard InChI is InChI=1S/C19H14N4O4S/c24-18(13-5-9-16(10-6-13)23(26)27)21-15-7-3-14(4-8-15)19(25)22-20-12-17-2-1-11-28-17/h1-12H,(H,21,24)(H,22,25)/b20-12-. The van der Waals surface area contributed by atoms with E-state index in [1.54, 1.807) is 30.5 Å². The van der Waals surface area contributed by atoms with E-state index in [1.807, 2.05) is 17.5 Å². The van der Waals surface area contributed by atoms with Crippen molar-refractivity contribution in [2.45, 2.75) is 0 Å². The highest BCUT2D eigenvalue weighted by molar-refractivity contribution is 7.11. The van der Waals surface area contributed by atoms with Crippen molar-refractivity contribution in [3.8, 4) is 0 Å². The Kier molecular flexibility index (Phi) is 5.87. The van der Waals surface area contributed by atoms with E-state index in [2.05, 4.69) is 15.8 Å². The van der Waals surface area contributed by atoms with Crippen LogP contribution in [-0.2, 0) is 0 Å². The van der Waals surface area contributed by atoms with Crippen LogP contribution < -0.4 is 10.7 Å². The molecule has 1 heterocycles. The molecule has 140 valence electrons. The molecule has 2 amide bonds. The molecule has 0 aliphatic carbocycles. The first kappa shape index (κ1) is 18.9. The van der Waals surface area contributed by atoms with Gasteiger partial charge in [-0.15, -0.1) is 11.3 Å². The van der Waals surface area contributed by atoms with Crippen LogP contribution >= 0.6 is 11.3 Å². The molecule has 0 radical (unpaired) electrons. The summed E-state index contributed by atoms with van der Waals surface area (Å²) in [5.41, 5.74) is 3.50. The van der Waals surface area contributed by atoms with Crippen molar-refractivity contribution in [1.29, 1.82) is 0 Å². The second kappa shape index (κ2) is 8.69. The SMILES string of the molecule is O=C(N/N=C\c1cccs1)c1ccc(NC(=O)c2ccc([N+](=O)[O-])cc2)cc1. The van der Waals surface area contributed by atoms with E-state index >= 15 is 0 Å². The summed E-state index contributed by atoms with van der Waals surface area (Å²) in [6.45, 7) is 0. The molecule has 0 aliphatic heterocycles. The second-order valence-corrected chi connectivity index (χ2v) is 6.53.